The van der Waals surface area contributed by atoms with Gasteiger partial charge < -0.3 is 4.90 Å². The van der Waals surface area contributed by atoms with Crippen molar-refractivity contribution in [2.45, 2.75) is 32.2 Å². The van der Waals surface area contributed by atoms with Gasteiger partial charge in [-0.05, 0) is 31.7 Å². The molecule has 0 radical (unpaired) electrons. The van der Waals surface area contributed by atoms with Gasteiger partial charge in [-0.25, -0.2) is 0 Å². The average Bonchev–Trinajstić information content (AvgIpc) is 2.78. The second-order valence-electron chi connectivity index (χ2n) is 5.02. The maximum absolute atomic E-state index is 12.5. The molecule has 1 saturated heterocycles. The Bertz CT molecular complexity index is 475. The van der Waals surface area contributed by atoms with Gasteiger partial charge in [0.2, 0.25) is 0 Å². The number of hydrogen-bond donors (Lipinski definition) is 0. The molecule has 1 fully saturated rings. The molecule has 2 aliphatic rings. The molecule has 2 heteroatoms. The zero-order chi connectivity index (χ0) is 11.8. The van der Waals surface area contributed by atoms with Gasteiger partial charge >= 0.3 is 0 Å². The predicted molar refractivity (Wildman–Crippen MR) is 68.4 cm³/mol. The van der Waals surface area contributed by atoms with E-state index in [1.54, 1.807) is 0 Å². The highest BCUT2D eigenvalue weighted by atomic mass is 16.2. The SMILES string of the molecule is CC1=C(c2ccccc2)C(=O)N2CCCC2C1. The van der Waals surface area contributed by atoms with E-state index in [0.29, 0.717) is 6.04 Å². The second kappa shape index (κ2) is 4.02. The number of nitrogens with zero attached hydrogens (tertiary/aromatic N) is 1. The van der Waals surface area contributed by atoms with Crippen LogP contribution in [0.15, 0.2) is 35.9 Å². The van der Waals surface area contributed by atoms with Crippen molar-refractivity contribution in [1.29, 1.82) is 0 Å². The van der Waals surface area contributed by atoms with E-state index in [1.807, 2.05) is 30.3 Å². The summed E-state index contributed by atoms with van der Waals surface area (Å²) in [5.41, 5.74) is 3.26. The first kappa shape index (κ1) is 10.6. The maximum Gasteiger partial charge on any atom is 0.254 e. The van der Waals surface area contributed by atoms with Crippen LogP contribution < -0.4 is 0 Å². The number of carbonyl (C=O) groups excluding carboxylic acids is 1. The van der Waals surface area contributed by atoms with Crippen molar-refractivity contribution in [3.8, 4) is 0 Å². The van der Waals surface area contributed by atoms with E-state index in [0.717, 1.165) is 30.5 Å². The molecule has 1 unspecified atom stereocenters. The highest BCUT2D eigenvalue weighted by molar-refractivity contribution is 6.21. The molecular weight excluding hydrogens is 210 g/mol. The number of fused-ring (bicyclic) bond motifs is 1. The van der Waals surface area contributed by atoms with E-state index in [9.17, 15) is 4.79 Å². The molecule has 88 valence electrons. The van der Waals surface area contributed by atoms with Crippen LogP contribution in [0.4, 0.5) is 0 Å². The van der Waals surface area contributed by atoms with Gasteiger partial charge in [-0.2, -0.15) is 0 Å². The summed E-state index contributed by atoms with van der Waals surface area (Å²) in [5, 5.41) is 0. The van der Waals surface area contributed by atoms with Crippen LogP contribution in [0.2, 0.25) is 0 Å². The molecule has 3 rings (SSSR count). The van der Waals surface area contributed by atoms with Crippen LogP contribution >= 0.6 is 0 Å². The normalized spacial score (nSPS) is 24.2. The Hall–Kier alpha value is -1.57. The van der Waals surface area contributed by atoms with Gasteiger partial charge in [0.1, 0.15) is 0 Å². The molecule has 2 heterocycles. The zero-order valence-electron chi connectivity index (χ0n) is 10.1. The average molecular weight is 227 g/mol. The second-order valence-corrected chi connectivity index (χ2v) is 5.02. The third kappa shape index (κ3) is 1.68. The number of carbonyl (C=O) groups is 1. The topological polar surface area (TPSA) is 20.3 Å². The lowest BCUT2D eigenvalue weighted by Crippen LogP contribution is -2.39. The van der Waals surface area contributed by atoms with E-state index >= 15 is 0 Å². The molecule has 0 N–H and O–H groups in total. The van der Waals surface area contributed by atoms with Crippen molar-refractivity contribution < 1.29 is 4.79 Å². The van der Waals surface area contributed by atoms with Gasteiger partial charge in [-0.15, -0.1) is 0 Å². The van der Waals surface area contributed by atoms with Crippen molar-refractivity contribution in [3.05, 3.63) is 41.5 Å². The number of benzene rings is 1. The van der Waals surface area contributed by atoms with Crippen molar-refractivity contribution in [2.75, 3.05) is 6.54 Å². The van der Waals surface area contributed by atoms with Crippen LogP contribution in [-0.4, -0.2) is 23.4 Å². The summed E-state index contributed by atoms with van der Waals surface area (Å²) in [7, 11) is 0. The highest BCUT2D eigenvalue weighted by Gasteiger charge is 2.35. The Morgan fingerprint density at radius 1 is 1.24 bits per heavy atom. The van der Waals surface area contributed by atoms with Gasteiger partial charge in [-0.3, -0.25) is 4.79 Å². The van der Waals surface area contributed by atoms with Gasteiger partial charge in [0.05, 0.1) is 0 Å². The van der Waals surface area contributed by atoms with Crippen LogP contribution in [0, 0.1) is 0 Å². The third-order valence-electron chi connectivity index (χ3n) is 3.88. The van der Waals surface area contributed by atoms with Gasteiger partial charge in [0.15, 0.2) is 0 Å². The van der Waals surface area contributed by atoms with Crippen molar-refractivity contribution in [2.24, 2.45) is 0 Å². The molecule has 1 aromatic carbocycles. The minimum Gasteiger partial charge on any atom is -0.335 e. The lowest BCUT2D eigenvalue weighted by molar-refractivity contribution is -0.126. The Kier molecular flexibility index (Phi) is 2.50. The Balaban J connectivity index is 2.03. The Morgan fingerprint density at radius 3 is 2.76 bits per heavy atom. The molecule has 0 bridgehead atoms. The fraction of sp³-hybridized carbons (Fsp3) is 0.400. The van der Waals surface area contributed by atoms with Gasteiger partial charge in [0, 0.05) is 18.2 Å². The van der Waals surface area contributed by atoms with E-state index < -0.39 is 0 Å². The summed E-state index contributed by atoms with van der Waals surface area (Å²) in [6, 6.07) is 10.5. The van der Waals surface area contributed by atoms with Crippen molar-refractivity contribution in [1.82, 2.24) is 4.90 Å². The third-order valence-corrected chi connectivity index (χ3v) is 3.88. The predicted octanol–water partition coefficient (Wildman–Crippen LogP) is 2.85. The minimum atomic E-state index is 0.238. The molecular formula is C15H17NO. The van der Waals surface area contributed by atoms with Crippen LogP contribution in [-0.2, 0) is 4.79 Å². The van der Waals surface area contributed by atoms with E-state index in [4.69, 9.17) is 0 Å². The molecule has 0 aromatic heterocycles. The Morgan fingerprint density at radius 2 is 2.00 bits per heavy atom. The summed E-state index contributed by atoms with van der Waals surface area (Å²) >= 11 is 0. The number of amides is 1. The van der Waals surface area contributed by atoms with Gasteiger partial charge in [0.25, 0.3) is 5.91 Å². The zero-order valence-corrected chi connectivity index (χ0v) is 10.1. The first-order valence-electron chi connectivity index (χ1n) is 6.33. The summed E-state index contributed by atoms with van der Waals surface area (Å²) in [6.45, 7) is 3.04. The van der Waals surface area contributed by atoms with E-state index in [2.05, 4.69) is 11.8 Å². The largest absolute Gasteiger partial charge is 0.335 e. The standard InChI is InChI=1S/C15H17NO/c1-11-10-13-8-5-9-16(13)15(17)14(11)12-6-3-2-4-7-12/h2-4,6-7,13H,5,8-10H2,1H3. The fourth-order valence-corrected chi connectivity index (χ4v) is 3.07. The van der Waals surface area contributed by atoms with E-state index in [-0.39, 0.29) is 5.91 Å². The first-order chi connectivity index (χ1) is 8.27. The molecule has 0 aliphatic carbocycles. The van der Waals surface area contributed by atoms with Crippen LogP contribution in [0.1, 0.15) is 31.7 Å². The van der Waals surface area contributed by atoms with E-state index in [1.165, 1.54) is 12.0 Å². The fourth-order valence-electron chi connectivity index (χ4n) is 3.07. The molecule has 17 heavy (non-hydrogen) atoms. The van der Waals surface area contributed by atoms with Crippen molar-refractivity contribution >= 4 is 11.5 Å². The monoisotopic (exact) mass is 227 g/mol. The number of rotatable bonds is 1. The quantitative estimate of drug-likeness (QED) is 0.722. The molecule has 1 aromatic rings. The molecule has 0 spiro atoms. The van der Waals surface area contributed by atoms with Gasteiger partial charge in [-0.1, -0.05) is 35.9 Å². The molecule has 2 nitrogen and oxygen atoms in total. The smallest absolute Gasteiger partial charge is 0.254 e. The first-order valence-corrected chi connectivity index (χ1v) is 6.33. The summed E-state index contributed by atoms with van der Waals surface area (Å²) in [5.74, 6) is 0.238. The lowest BCUT2D eigenvalue weighted by Gasteiger charge is -2.32. The van der Waals surface area contributed by atoms with Crippen molar-refractivity contribution in [3.63, 3.8) is 0 Å². The van der Waals surface area contributed by atoms with Crippen LogP contribution in [0.3, 0.4) is 0 Å². The summed E-state index contributed by atoms with van der Waals surface area (Å²) < 4.78 is 0. The summed E-state index contributed by atoms with van der Waals surface area (Å²) in [6.07, 6.45) is 3.38. The summed E-state index contributed by atoms with van der Waals surface area (Å²) in [4.78, 5) is 14.6. The molecule has 1 atom stereocenters. The van der Waals surface area contributed by atoms with Crippen LogP contribution in [0.25, 0.3) is 5.57 Å². The number of hydrogen-bond acceptors (Lipinski definition) is 1. The maximum atomic E-state index is 12.5. The minimum absolute atomic E-state index is 0.238. The molecule has 2 aliphatic heterocycles. The lowest BCUT2D eigenvalue weighted by atomic mass is 9.91. The highest BCUT2D eigenvalue weighted by Crippen LogP contribution is 2.35. The Labute approximate surface area is 102 Å². The molecule has 1 amide bonds. The van der Waals surface area contributed by atoms with Crippen LogP contribution in [0.5, 0.6) is 0 Å². The molecule has 0 saturated carbocycles.